The molecule has 1 fully saturated rings. The molecule has 0 amide bonds. The van der Waals surface area contributed by atoms with E-state index < -0.39 is 5.60 Å². The highest BCUT2D eigenvalue weighted by Gasteiger charge is 2.32. The van der Waals surface area contributed by atoms with Gasteiger partial charge in [-0.1, -0.05) is 17.3 Å². The van der Waals surface area contributed by atoms with Crippen LogP contribution < -0.4 is 4.74 Å². The molecule has 1 aromatic heterocycles. The van der Waals surface area contributed by atoms with Crippen molar-refractivity contribution >= 4 is 0 Å². The van der Waals surface area contributed by atoms with Gasteiger partial charge in [0, 0.05) is 12.5 Å². The second-order valence-electron chi connectivity index (χ2n) is 6.33. The van der Waals surface area contributed by atoms with E-state index in [-0.39, 0.29) is 5.92 Å². The second kappa shape index (κ2) is 5.72. The number of nitrogens with zero attached hydrogens (tertiary/aromatic N) is 2. The first-order chi connectivity index (χ1) is 10.5. The van der Waals surface area contributed by atoms with Crippen LogP contribution in [0.1, 0.15) is 49.0 Å². The third kappa shape index (κ3) is 2.86. The zero-order chi connectivity index (χ0) is 15.7. The van der Waals surface area contributed by atoms with Crippen molar-refractivity contribution in [3.05, 3.63) is 41.0 Å². The van der Waals surface area contributed by atoms with E-state index in [1.165, 1.54) is 5.56 Å². The standard InChI is InChI=1S/C17H22N2O3/c1-11-6-5-7-14(12(11)2)21-17(3,4)16-18-15(19-22-16)13-8-9-20-10-13/h5-7,13H,8-10H2,1-4H3/t13-/m0/s1. The van der Waals surface area contributed by atoms with E-state index in [2.05, 4.69) is 30.1 Å². The highest BCUT2D eigenvalue weighted by atomic mass is 16.5. The first-order valence-corrected chi connectivity index (χ1v) is 7.64. The Labute approximate surface area is 130 Å². The summed E-state index contributed by atoms with van der Waals surface area (Å²) in [5.41, 5.74) is 1.64. The molecule has 0 unspecified atom stereocenters. The van der Waals surface area contributed by atoms with E-state index in [9.17, 15) is 0 Å². The number of benzene rings is 1. The summed E-state index contributed by atoms with van der Waals surface area (Å²) in [6, 6.07) is 6.02. The molecule has 5 nitrogen and oxygen atoms in total. The predicted octanol–water partition coefficient (Wildman–Crippen LogP) is 3.50. The number of rotatable bonds is 4. The maximum Gasteiger partial charge on any atom is 0.270 e. The molecule has 0 saturated carbocycles. The van der Waals surface area contributed by atoms with Crippen molar-refractivity contribution in [3.8, 4) is 5.75 Å². The molecule has 1 aromatic carbocycles. The Balaban J connectivity index is 1.81. The van der Waals surface area contributed by atoms with E-state index >= 15 is 0 Å². The average molecular weight is 302 g/mol. The molecule has 3 rings (SSSR count). The molecule has 0 bridgehead atoms. The zero-order valence-corrected chi connectivity index (χ0v) is 13.5. The fourth-order valence-electron chi connectivity index (χ4n) is 2.54. The highest BCUT2D eigenvalue weighted by Crippen LogP contribution is 2.31. The van der Waals surface area contributed by atoms with Crippen molar-refractivity contribution in [3.63, 3.8) is 0 Å². The van der Waals surface area contributed by atoms with Gasteiger partial charge >= 0.3 is 0 Å². The Morgan fingerprint density at radius 2 is 2.09 bits per heavy atom. The van der Waals surface area contributed by atoms with E-state index in [4.69, 9.17) is 14.0 Å². The fraction of sp³-hybridized carbons (Fsp3) is 0.529. The molecule has 2 heterocycles. The minimum Gasteiger partial charge on any atom is -0.478 e. The normalized spacial score (nSPS) is 18.6. The minimum atomic E-state index is -0.677. The summed E-state index contributed by atoms with van der Waals surface area (Å²) >= 11 is 0. The van der Waals surface area contributed by atoms with Gasteiger partial charge in [-0.05, 0) is 51.3 Å². The van der Waals surface area contributed by atoms with Crippen LogP contribution in [-0.4, -0.2) is 23.4 Å². The summed E-state index contributed by atoms with van der Waals surface area (Å²) in [5, 5.41) is 4.10. The van der Waals surface area contributed by atoms with Gasteiger partial charge in [-0.15, -0.1) is 0 Å². The molecule has 2 aromatic rings. The lowest BCUT2D eigenvalue weighted by Crippen LogP contribution is -2.26. The molecule has 118 valence electrons. The molecule has 1 aliphatic heterocycles. The van der Waals surface area contributed by atoms with Crippen LogP contribution in [0, 0.1) is 13.8 Å². The maximum atomic E-state index is 6.15. The van der Waals surface area contributed by atoms with E-state index in [0.717, 1.165) is 24.3 Å². The lowest BCUT2D eigenvalue weighted by molar-refractivity contribution is 0.0683. The SMILES string of the molecule is Cc1cccc(OC(C)(C)c2nc([C@H]3CCOC3)no2)c1C. The number of ether oxygens (including phenoxy) is 2. The van der Waals surface area contributed by atoms with Gasteiger partial charge in [0.2, 0.25) is 0 Å². The van der Waals surface area contributed by atoms with Crippen LogP contribution in [0.3, 0.4) is 0 Å². The Kier molecular flexibility index (Phi) is 3.91. The topological polar surface area (TPSA) is 57.4 Å². The third-order valence-corrected chi connectivity index (χ3v) is 4.17. The summed E-state index contributed by atoms with van der Waals surface area (Å²) < 4.78 is 17.0. The Morgan fingerprint density at radius 1 is 1.27 bits per heavy atom. The molecule has 0 radical (unpaired) electrons. The molecule has 1 saturated heterocycles. The molecule has 22 heavy (non-hydrogen) atoms. The Bertz CT molecular complexity index is 658. The maximum absolute atomic E-state index is 6.15. The molecule has 1 aliphatic rings. The zero-order valence-electron chi connectivity index (χ0n) is 13.5. The number of hydrogen-bond acceptors (Lipinski definition) is 5. The van der Waals surface area contributed by atoms with Gasteiger partial charge in [0.15, 0.2) is 11.4 Å². The molecule has 0 N–H and O–H groups in total. The van der Waals surface area contributed by atoms with Crippen molar-refractivity contribution in [2.45, 2.75) is 45.6 Å². The molecule has 0 aliphatic carbocycles. The van der Waals surface area contributed by atoms with Gasteiger partial charge in [-0.3, -0.25) is 0 Å². The monoisotopic (exact) mass is 302 g/mol. The van der Waals surface area contributed by atoms with Gasteiger partial charge in [0.1, 0.15) is 5.75 Å². The predicted molar refractivity (Wildman–Crippen MR) is 82.0 cm³/mol. The minimum absolute atomic E-state index is 0.231. The van der Waals surface area contributed by atoms with Crippen LogP contribution in [0.5, 0.6) is 5.75 Å². The van der Waals surface area contributed by atoms with Gasteiger partial charge in [-0.2, -0.15) is 4.98 Å². The Hall–Kier alpha value is -1.88. The summed E-state index contributed by atoms with van der Waals surface area (Å²) in [5.74, 6) is 2.28. The second-order valence-corrected chi connectivity index (χ2v) is 6.33. The highest BCUT2D eigenvalue weighted by molar-refractivity contribution is 5.38. The van der Waals surface area contributed by atoms with Gasteiger partial charge in [0.25, 0.3) is 5.89 Å². The largest absolute Gasteiger partial charge is 0.478 e. The molecular weight excluding hydrogens is 280 g/mol. The summed E-state index contributed by atoms with van der Waals surface area (Å²) in [6.07, 6.45) is 0.942. The summed E-state index contributed by atoms with van der Waals surface area (Å²) in [7, 11) is 0. The van der Waals surface area contributed by atoms with Gasteiger partial charge < -0.3 is 14.0 Å². The van der Waals surface area contributed by atoms with E-state index in [1.54, 1.807) is 0 Å². The first-order valence-electron chi connectivity index (χ1n) is 7.64. The van der Waals surface area contributed by atoms with Crippen LogP contribution in [0.4, 0.5) is 0 Å². The van der Waals surface area contributed by atoms with Crippen LogP contribution in [0.25, 0.3) is 0 Å². The Morgan fingerprint density at radius 3 is 2.82 bits per heavy atom. The van der Waals surface area contributed by atoms with Gasteiger partial charge in [-0.25, -0.2) is 0 Å². The lowest BCUT2D eigenvalue weighted by atomic mass is 10.1. The fourth-order valence-corrected chi connectivity index (χ4v) is 2.54. The van der Waals surface area contributed by atoms with E-state index in [1.807, 2.05) is 26.0 Å². The number of aryl methyl sites for hydroxylation is 1. The van der Waals surface area contributed by atoms with Crippen LogP contribution in [0.2, 0.25) is 0 Å². The van der Waals surface area contributed by atoms with Crippen LogP contribution in [-0.2, 0) is 10.3 Å². The number of hydrogen-bond donors (Lipinski definition) is 0. The number of aromatic nitrogens is 2. The molecule has 1 atom stereocenters. The molecule has 5 heteroatoms. The average Bonchev–Trinajstić information content (AvgIpc) is 3.13. The van der Waals surface area contributed by atoms with Crippen LogP contribution >= 0.6 is 0 Å². The summed E-state index contributed by atoms with van der Waals surface area (Å²) in [6.45, 7) is 9.43. The summed E-state index contributed by atoms with van der Waals surface area (Å²) in [4.78, 5) is 4.53. The molecule has 0 spiro atoms. The third-order valence-electron chi connectivity index (χ3n) is 4.17. The van der Waals surface area contributed by atoms with Crippen molar-refractivity contribution in [2.75, 3.05) is 13.2 Å². The van der Waals surface area contributed by atoms with Crippen molar-refractivity contribution in [2.24, 2.45) is 0 Å². The van der Waals surface area contributed by atoms with Gasteiger partial charge in [0.05, 0.1) is 6.61 Å². The molecular formula is C17H22N2O3. The quantitative estimate of drug-likeness (QED) is 0.865. The van der Waals surface area contributed by atoms with Crippen molar-refractivity contribution < 1.29 is 14.0 Å². The van der Waals surface area contributed by atoms with E-state index in [0.29, 0.717) is 18.3 Å². The van der Waals surface area contributed by atoms with Crippen molar-refractivity contribution in [1.29, 1.82) is 0 Å². The smallest absolute Gasteiger partial charge is 0.270 e. The van der Waals surface area contributed by atoms with Crippen molar-refractivity contribution in [1.82, 2.24) is 10.1 Å². The van der Waals surface area contributed by atoms with Crippen LogP contribution in [0.15, 0.2) is 22.7 Å². The lowest BCUT2D eigenvalue weighted by Gasteiger charge is -2.24. The first kappa shape index (κ1) is 15.0.